The predicted octanol–water partition coefficient (Wildman–Crippen LogP) is 4.69. The Morgan fingerprint density at radius 3 is 2.39 bits per heavy atom. The summed E-state index contributed by atoms with van der Waals surface area (Å²) >= 11 is 0. The molecule has 3 aromatic carbocycles. The van der Waals surface area contributed by atoms with Crippen molar-refractivity contribution in [2.45, 2.75) is 13.8 Å². The Morgan fingerprint density at radius 1 is 0.939 bits per heavy atom. The van der Waals surface area contributed by atoms with Crippen molar-refractivity contribution in [3.63, 3.8) is 0 Å². The highest BCUT2D eigenvalue weighted by molar-refractivity contribution is 5.93. The Bertz CT molecular complexity index is 1280. The first-order valence-electron chi connectivity index (χ1n) is 10.3. The zero-order valence-electron chi connectivity index (χ0n) is 18.2. The smallest absolute Gasteiger partial charge is 0.262 e. The molecule has 0 spiro atoms. The third kappa shape index (κ3) is 5.62. The minimum atomic E-state index is -0.331. The van der Waals surface area contributed by atoms with E-state index in [1.807, 2.05) is 37.3 Å². The molecular weight excluding hydrogens is 420 g/mol. The first kappa shape index (κ1) is 21.8. The first-order valence-corrected chi connectivity index (χ1v) is 10.3. The van der Waals surface area contributed by atoms with Gasteiger partial charge in [-0.15, -0.1) is 0 Å². The molecule has 2 amide bonds. The van der Waals surface area contributed by atoms with E-state index in [9.17, 15) is 9.59 Å². The normalized spacial score (nSPS) is 10.5. The fourth-order valence-electron chi connectivity index (χ4n) is 3.18. The summed E-state index contributed by atoms with van der Waals surface area (Å²) in [6, 6.07) is 21.8. The van der Waals surface area contributed by atoms with Gasteiger partial charge in [-0.1, -0.05) is 41.1 Å². The van der Waals surface area contributed by atoms with E-state index >= 15 is 0 Å². The van der Waals surface area contributed by atoms with Crippen molar-refractivity contribution in [2.75, 3.05) is 17.2 Å². The molecule has 1 heterocycles. The largest absolute Gasteiger partial charge is 0.483 e. The number of benzene rings is 3. The second-order valence-electron chi connectivity index (χ2n) is 7.38. The molecule has 33 heavy (non-hydrogen) atoms. The molecule has 0 fully saturated rings. The molecule has 4 rings (SSSR count). The van der Waals surface area contributed by atoms with Crippen LogP contribution >= 0.6 is 0 Å². The number of carbonyl (C=O) groups excluding carboxylic acids is 2. The minimum absolute atomic E-state index is 0.161. The predicted molar refractivity (Wildman–Crippen MR) is 125 cm³/mol. The quantitative estimate of drug-likeness (QED) is 0.430. The highest BCUT2D eigenvalue weighted by atomic mass is 16.5. The number of para-hydroxylation sites is 1. The molecule has 0 atom stereocenters. The summed E-state index contributed by atoms with van der Waals surface area (Å²) in [7, 11) is 0. The number of hydrogen-bond acceptors (Lipinski definition) is 6. The van der Waals surface area contributed by atoms with Gasteiger partial charge in [-0.2, -0.15) is 4.98 Å². The van der Waals surface area contributed by atoms with Crippen LogP contribution in [0.2, 0.25) is 0 Å². The lowest BCUT2D eigenvalue weighted by Crippen LogP contribution is -2.20. The lowest BCUT2D eigenvalue weighted by Gasteiger charge is -2.10. The summed E-state index contributed by atoms with van der Waals surface area (Å²) in [6.07, 6.45) is 0. The molecule has 0 unspecified atom stereocenters. The summed E-state index contributed by atoms with van der Waals surface area (Å²) in [5.74, 6) is 0.738. The van der Waals surface area contributed by atoms with Crippen LogP contribution in [0.4, 0.5) is 11.4 Å². The van der Waals surface area contributed by atoms with Gasteiger partial charge < -0.3 is 19.9 Å². The van der Waals surface area contributed by atoms with Gasteiger partial charge in [-0.3, -0.25) is 9.59 Å². The molecule has 0 radical (unpaired) electrons. The summed E-state index contributed by atoms with van der Waals surface area (Å²) < 4.78 is 11.2. The zero-order valence-corrected chi connectivity index (χ0v) is 18.2. The zero-order chi connectivity index (χ0) is 23.2. The highest BCUT2D eigenvalue weighted by Gasteiger charge is 2.16. The molecule has 0 saturated heterocycles. The van der Waals surface area contributed by atoms with Gasteiger partial charge in [0.05, 0.1) is 5.56 Å². The highest BCUT2D eigenvalue weighted by Crippen LogP contribution is 2.30. The van der Waals surface area contributed by atoms with E-state index in [0.29, 0.717) is 34.4 Å². The molecule has 0 aliphatic heterocycles. The maximum Gasteiger partial charge on any atom is 0.262 e. The number of aromatic nitrogens is 2. The van der Waals surface area contributed by atoms with E-state index in [1.54, 1.807) is 42.5 Å². The molecule has 2 N–H and O–H groups in total. The summed E-state index contributed by atoms with van der Waals surface area (Å²) in [6.45, 7) is 3.22. The Balaban J connectivity index is 1.42. The van der Waals surface area contributed by atoms with Crippen LogP contribution in [0.5, 0.6) is 5.75 Å². The Hall–Kier alpha value is -4.46. The number of rotatable bonds is 7. The van der Waals surface area contributed by atoms with Crippen molar-refractivity contribution in [1.29, 1.82) is 0 Å². The third-order valence-electron chi connectivity index (χ3n) is 4.67. The van der Waals surface area contributed by atoms with Crippen molar-refractivity contribution in [2.24, 2.45) is 0 Å². The Kier molecular flexibility index (Phi) is 6.45. The van der Waals surface area contributed by atoms with E-state index in [0.717, 1.165) is 11.1 Å². The van der Waals surface area contributed by atoms with Crippen molar-refractivity contribution in [3.8, 4) is 28.6 Å². The van der Waals surface area contributed by atoms with Crippen molar-refractivity contribution in [3.05, 3.63) is 78.4 Å². The maximum atomic E-state index is 12.4. The van der Waals surface area contributed by atoms with Crippen LogP contribution in [0, 0.1) is 6.92 Å². The Morgan fingerprint density at radius 2 is 1.67 bits per heavy atom. The molecule has 166 valence electrons. The van der Waals surface area contributed by atoms with Crippen molar-refractivity contribution in [1.82, 2.24) is 10.1 Å². The molecule has 0 saturated carbocycles. The van der Waals surface area contributed by atoms with Crippen LogP contribution in [0.3, 0.4) is 0 Å². The number of nitrogens with zero attached hydrogens (tertiary/aromatic N) is 2. The Labute approximate surface area is 190 Å². The molecular formula is C25H22N4O4. The third-order valence-corrected chi connectivity index (χ3v) is 4.67. The summed E-state index contributed by atoms with van der Waals surface area (Å²) in [5, 5.41) is 9.50. The number of hydrogen-bond donors (Lipinski definition) is 2. The van der Waals surface area contributed by atoms with Crippen LogP contribution in [0.15, 0.2) is 77.3 Å². The molecule has 8 nitrogen and oxygen atoms in total. The maximum absolute atomic E-state index is 12.4. The van der Waals surface area contributed by atoms with Gasteiger partial charge >= 0.3 is 0 Å². The van der Waals surface area contributed by atoms with E-state index in [1.165, 1.54) is 6.92 Å². The van der Waals surface area contributed by atoms with Gasteiger partial charge in [0.2, 0.25) is 11.7 Å². The monoisotopic (exact) mass is 442 g/mol. The summed E-state index contributed by atoms with van der Waals surface area (Å²) in [5.41, 5.74) is 3.78. The molecule has 1 aromatic heterocycles. The topological polar surface area (TPSA) is 106 Å². The van der Waals surface area contributed by atoms with Crippen LogP contribution in [0.1, 0.15) is 12.5 Å². The molecule has 0 aliphatic rings. The van der Waals surface area contributed by atoms with Crippen LogP contribution in [-0.2, 0) is 9.59 Å². The second-order valence-corrected chi connectivity index (χ2v) is 7.38. The first-order chi connectivity index (χ1) is 16.0. The fourth-order valence-corrected chi connectivity index (χ4v) is 3.18. The van der Waals surface area contributed by atoms with E-state index in [4.69, 9.17) is 9.26 Å². The van der Waals surface area contributed by atoms with Crippen molar-refractivity contribution >= 4 is 23.2 Å². The number of aryl methyl sites for hydroxylation is 1. The number of nitrogens with one attached hydrogen (secondary N) is 2. The number of ether oxygens (including phenoxy) is 1. The fraction of sp³-hybridized carbons (Fsp3) is 0.120. The summed E-state index contributed by atoms with van der Waals surface area (Å²) in [4.78, 5) is 27.9. The van der Waals surface area contributed by atoms with Gasteiger partial charge in [-0.05, 0) is 49.4 Å². The van der Waals surface area contributed by atoms with Gasteiger partial charge in [0.1, 0.15) is 5.75 Å². The van der Waals surface area contributed by atoms with Crippen LogP contribution in [-0.4, -0.2) is 28.6 Å². The van der Waals surface area contributed by atoms with E-state index in [-0.39, 0.29) is 18.4 Å². The SMILES string of the molecule is CC(=O)Nc1ccc(NC(=O)COc2ccccc2-c2nc(-c3cccc(C)c3)no2)cc1. The van der Waals surface area contributed by atoms with Gasteiger partial charge in [0.25, 0.3) is 11.8 Å². The van der Waals surface area contributed by atoms with Gasteiger partial charge in [0.15, 0.2) is 6.61 Å². The van der Waals surface area contributed by atoms with Crippen LogP contribution < -0.4 is 15.4 Å². The molecule has 4 aromatic rings. The van der Waals surface area contributed by atoms with Gasteiger partial charge in [-0.25, -0.2) is 0 Å². The lowest BCUT2D eigenvalue weighted by atomic mass is 10.1. The van der Waals surface area contributed by atoms with Crippen molar-refractivity contribution < 1.29 is 18.8 Å². The average Bonchev–Trinajstić information content (AvgIpc) is 3.29. The average molecular weight is 442 g/mol. The number of carbonyl (C=O) groups is 2. The van der Waals surface area contributed by atoms with E-state index < -0.39 is 0 Å². The van der Waals surface area contributed by atoms with Crippen LogP contribution in [0.25, 0.3) is 22.8 Å². The lowest BCUT2D eigenvalue weighted by molar-refractivity contribution is -0.118. The standard InChI is InChI=1S/C25H22N4O4/c1-16-6-5-7-18(14-16)24-28-25(33-29-24)21-8-3-4-9-22(21)32-15-23(31)27-20-12-10-19(11-13-20)26-17(2)30/h3-14H,15H2,1-2H3,(H,26,30)(H,27,31). The number of amides is 2. The van der Waals surface area contributed by atoms with Gasteiger partial charge in [0, 0.05) is 23.9 Å². The molecule has 0 aliphatic carbocycles. The second kappa shape index (κ2) is 9.78. The minimum Gasteiger partial charge on any atom is -0.483 e. The molecule has 0 bridgehead atoms. The number of anilines is 2. The molecule has 8 heteroatoms. The van der Waals surface area contributed by atoms with E-state index in [2.05, 4.69) is 20.8 Å².